The maximum atomic E-state index is 4.59. The molecule has 0 saturated carbocycles. The molecule has 0 aliphatic carbocycles. The predicted molar refractivity (Wildman–Crippen MR) is 71.6 cm³/mol. The lowest BCUT2D eigenvalue weighted by molar-refractivity contribution is 0.374. The molecule has 1 aromatic heterocycles. The number of nitrogens with zero attached hydrogens (tertiary/aromatic N) is 1. The molecule has 1 rings (SSSR count). The number of halogens is 1. The smallest absolute Gasteiger partial charge is 0.159 e. The van der Waals surface area contributed by atoms with Gasteiger partial charge in [-0.05, 0) is 28.8 Å². The Hall–Kier alpha value is 0.110. The van der Waals surface area contributed by atoms with E-state index >= 15 is 0 Å². The Labute approximate surface area is 105 Å². The first-order chi connectivity index (χ1) is 7.12. The van der Waals surface area contributed by atoms with Crippen molar-refractivity contribution in [3.63, 3.8) is 0 Å². The van der Waals surface area contributed by atoms with Crippen LogP contribution in [0.1, 0.15) is 58.6 Å². The van der Waals surface area contributed by atoms with Crippen molar-refractivity contribution in [3.8, 4) is 0 Å². The Bertz CT molecular complexity index is 298. The summed E-state index contributed by atoms with van der Waals surface area (Å²) < 4.78 is 1.01. The molecule has 15 heavy (non-hydrogen) atoms. The predicted octanol–water partition coefficient (Wildman–Crippen LogP) is 5.15. The average Bonchev–Trinajstić information content (AvgIpc) is 2.63. The topological polar surface area (TPSA) is 12.9 Å². The van der Waals surface area contributed by atoms with Crippen LogP contribution >= 0.6 is 27.3 Å². The Morgan fingerprint density at radius 2 is 2.07 bits per heavy atom. The van der Waals surface area contributed by atoms with Gasteiger partial charge in [-0.2, -0.15) is 0 Å². The first-order valence-corrected chi connectivity index (χ1v) is 7.41. The molecule has 0 bridgehead atoms. The molecule has 1 nitrogen and oxygen atoms in total. The number of hydrogen-bond acceptors (Lipinski definition) is 2. The molecule has 1 unspecified atom stereocenters. The van der Waals surface area contributed by atoms with Crippen molar-refractivity contribution in [3.05, 3.63) is 15.0 Å². The Balaban J connectivity index is 2.79. The zero-order chi connectivity index (χ0) is 11.3. The van der Waals surface area contributed by atoms with Gasteiger partial charge in [0.05, 0.1) is 5.69 Å². The first kappa shape index (κ1) is 13.2. The van der Waals surface area contributed by atoms with Gasteiger partial charge >= 0.3 is 0 Å². The van der Waals surface area contributed by atoms with E-state index in [0.717, 1.165) is 3.92 Å². The van der Waals surface area contributed by atoms with Crippen molar-refractivity contribution in [1.29, 1.82) is 0 Å². The van der Waals surface area contributed by atoms with Gasteiger partial charge in [-0.25, -0.2) is 4.98 Å². The largest absolute Gasteiger partial charge is 0.234 e. The molecule has 1 atom stereocenters. The fraction of sp³-hybridized carbons (Fsp3) is 0.750. The number of thiazole rings is 1. The maximum absolute atomic E-state index is 4.59. The van der Waals surface area contributed by atoms with E-state index in [0.29, 0.717) is 0 Å². The van der Waals surface area contributed by atoms with E-state index in [1.807, 2.05) is 0 Å². The summed E-state index contributed by atoms with van der Waals surface area (Å²) in [6.45, 7) is 6.86. The van der Waals surface area contributed by atoms with Gasteiger partial charge < -0.3 is 0 Å². The molecule has 0 saturated heterocycles. The summed E-state index contributed by atoms with van der Waals surface area (Å²) in [5.41, 5.74) is 1.56. The van der Waals surface area contributed by atoms with Crippen LogP contribution < -0.4 is 0 Å². The molecule has 0 aliphatic heterocycles. The molecule has 0 N–H and O–H groups in total. The molecular formula is C12H20BrNS. The molecule has 0 amide bonds. The molecule has 3 heteroatoms. The van der Waals surface area contributed by atoms with Crippen LogP contribution in [0.5, 0.6) is 0 Å². The minimum atomic E-state index is 0.285. The third-order valence-corrected chi connectivity index (χ3v) is 4.34. The lowest BCUT2D eigenvalue weighted by Crippen LogP contribution is -2.22. The highest BCUT2D eigenvalue weighted by Crippen LogP contribution is 2.35. The van der Waals surface area contributed by atoms with Gasteiger partial charge in [-0.15, -0.1) is 11.3 Å². The van der Waals surface area contributed by atoms with Crippen molar-refractivity contribution in [1.82, 2.24) is 4.98 Å². The zero-order valence-electron chi connectivity index (χ0n) is 9.85. The van der Waals surface area contributed by atoms with Gasteiger partial charge in [0, 0.05) is 10.8 Å². The quantitative estimate of drug-likeness (QED) is 0.705. The Morgan fingerprint density at radius 3 is 2.53 bits per heavy atom. The fourth-order valence-electron chi connectivity index (χ4n) is 2.03. The second kappa shape index (κ2) is 6.00. The third-order valence-electron chi connectivity index (χ3n) is 2.98. The summed E-state index contributed by atoms with van der Waals surface area (Å²) >= 11 is 5.15. The number of rotatable bonds is 6. The normalized spacial score (nSPS) is 15.2. The van der Waals surface area contributed by atoms with E-state index in [1.54, 1.807) is 11.3 Å². The summed E-state index contributed by atoms with van der Waals surface area (Å²) in [5, 5.41) is 2.20. The zero-order valence-corrected chi connectivity index (χ0v) is 12.2. The van der Waals surface area contributed by atoms with Crippen molar-refractivity contribution in [2.45, 2.75) is 58.3 Å². The van der Waals surface area contributed by atoms with Crippen LogP contribution in [-0.4, -0.2) is 4.98 Å². The molecule has 1 aromatic rings. The molecule has 0 aliphatic rings. The lowest BCUT2D eigenvalue weighted by Gasteiger charge is -2.27. The highest BCUT2D eigenvalue weighted by molar-refractivity contribution is 9.11. The molecule has 86 valence electrons. The fourth-order valence-corrected chi connectivity index (χ4v) is 3.20. The van der Waals surface area contributed by atoms with Crippen LogP contribution in [0, 0.1) is 0 Å². The van der Waals surface area contributed by atoms with Crippen LogP contribution in [0.4, 0.5) is 0 Å². The number of unbranched alkanes of at least 4 members (excludes halogenated alkanes) is 1. The van der Waals surface area contributed by atoms with Crippen molar-refractivity contribution < 1.29 is 0 Å². The van der Waals surface area contributed by atoms with Gasteiger partial charge in [0.25, 0.3) is 0 Å². The van der Waals surface area contributed by atoms with Crippen LogP contribution in [-0.2, 0) is 5.41 Å². The van der Waals surface area contributed by atoms with Crippen LogP contribution in [0.15, 0.2) is 9.30 Å². The molecule has 1 heterocycles. The van der Waals surface area contributed by atoms with Gasteiger partial charge in [0.15, 0.2) is 3.92 Å². The molecule has 0 fully saturated rings. The Morgan fingerprint density at radius 1 is 1.33 bits per heavy atom. The van der Waals surface area contributed by atoms with Gasteiger partial charge in [-0.3, -0.25) is 0 Å². The standard InChI is InChI=1S/C12H20BrNS/c1-4-6-8-12(3,7-5-2)10-9-15-11(13)14-10/h9H,4-8H2,1-3H3. The van der Waals surface area contributed by atoms with Crippen molar-refractivity contribution in [2.24, 2.45) is 0 Å². The Kier molecular flexibility index (Phi) is 5.27. The second-order valence-electron chi connectivity index (χ2n) is 4.40. The molecule has 0 radical (unpaired) electrons. The van der Waals surface area contributed by atoms with Crippen LogP contribution in [0.25, 0.3) is 0 Å². The SMILES string of the molecule is CCCCC(C)(CCC)c1csc(Br)n1. The van der Waals surface area contributed by atoms with Gasteiger partial charge in [0.1, 0.15) is 0 Å². The minimum absolute atomic E-state index is 0.285. The first-order valence-electron chi connectivity index (χ1n) is 5.74. The molecular weight excluding hydrogens is 270 g/mol. The summed E-state index contributed by atoms with van der Waals surface area (Å²) in [7, 11) is 0. The van der Waals surface area contributed by atoms with Gasteiger partial charge in [0.2, 0.25) is 0 Å². The highest BCUT2D eigenvalue weighted by Gasteiger charge is 2.27. The highest BCUT2D eigenvalue weighted by atomic mass is 79.9. The van der Waals surface area contributed by atoms with Gasteiger partial charge in [-0.1, -0.05) is 40.0 Å². The van der Waals surface area contributed by atoms with E-state index in [9.17, 15) is 0 Å². The number of hydrogen-bond donors (Lipinski definition) is 0. The summed E-state index contributed by atoms with van der Waals surface area (Å²) in [6, 6.07) is 0. The average molecular weight is 290 g/mol. The summed E-state index contributed by atoms with van der Waals surface area (Å²) in [5.74, 6) is 0. The van der Waals surface area contributed by atoms with Crippen molar-refractivity contribution >= 4 is 27.3 Å². The van der Waals surface area contributed by atoms with E-state index in [4.69, 9.17) is 0 Å². The van der Waals surface area contributed by atoms with Crippen molar-refractivity contribution in [2.75, 3.05) is 0 Å². The molecule has 0 aromatic carbocycles. The molecule has 0 spiro atoms. The van der Waals surface area contributed by atoms with E-state index in [-0.39, 0.29) is 5.41 Å². The summed E-state index contributed by atoms with van der Waals surface area (Å²) in [4.78, 5) is 4.59. The maximum Gasteiger partial charge on any atom is 0.159 e. The van der Waals surface area contributed by atoms with Crippen LogP contribution in [0.2, 0.25) is 0 Å². The summed E-state index contributed by atoms with van der Waals surface area (Å²) in [6.07, 6.45) is 6.29. The second-order valence-corrected chi connectivity index (χ2v) is 6.53. The lowest BCUT2D eigenvalue weighted by atomic mass is 9.78. The number of aromatic nitrogens is 1. The monoisotopic (exact) mass is 289 g/mol. The van der Waals surface area contributed by atoms with E-state index < -0.39 is 0 Å². The van der Waals surface area contributed by atoms with E-state index in [2.05, 4.69) is 47.1 Å². The third kappa shape index (κ3) is 3.56. The van der Waals surface area contributed by atoms with Crippen LogP contribution in [0.3, 0.4) is 0 Å². The minimum Gasteiger partial charge on any atom is -0.234 e. The van der Waals surface area contributed by atoms with E-state index in [1.165, 1.54) is 37.8 Å².